The fourth-order valence-corrected chi connectivity index (χ4v) is 3.43. The quantitative estimate of drug-likeness (QED) is 0.508. The number of para-hydroxylation sites is 2. The van der Waals surface area contributed by atoms with Gasteiger partial charge in [0.2, 0.25) is 5.91 Å². The number of hydrogen-bond donors (Lipinski definition) is 1. The number of aromatic nitrogens is 2. The minimum atomic E-state index is -0.00811. The van der Waals surface area contributed by atoms with Crippen LogP contribution >= 0.6 is 0 Å². The van der Waals surface area contributed by atoms with Crippen molar-refractivity contribution in [2.24, 2.45) is 0 Å². The van der Waals surface area contributed by atoms with Crippen LogP contribution in [0.1, 0.15) is 50.9 Å². The number of benzene rings is 2. The van der Waals surface area contributed by atoms with Crippen molar-refractivity contribution in [2.75, 3.05) is 13.2 Å². The van der Waals surface area contributed by atoms with Gasteiger partial charge in [-0.25, -0.2) is 4.98 Å². The van der Waals surface area contributed by atoms with E-state index in [-0.39, 0.29) is 5.91 Å². The van der Waals surface area contributed by atoms with E-state index in [0.29, 0.717) is 19.1 Å². The minimum Gasteiger partial charge on any atom is -0.494 e. The summed E-state index contributed by atoms with van der Waals surface area (Å²) in [5.41, 5.74) is 3.48. The first-order valence-electron chi connectivity index (χ1n) is 10.5. The Morgan fingerprint density at radius 2 is 1.86 bits per heavy atom. The molecule has 0 radical (unpaired) electrons. The van der Waals surface area contributed by atoms with Gasteiger partial charge in [-0.1, -0.05) is 38.1 Å². The molecule has 29 heavy (non-hydrogen) atoms. The molecule has 3 aromatic rings. The first kappa shape index (κ1) is 20.9. The van der Waals surface area contributed by atoms with E-state index in [1.165, 1.54) is 5.56 Å². The lowest BCUT2D eigenvalue weighted by molar-refractivity contribution is -0.118. The number of hydrogen-bond acceptors (Lipinski definition) is 3. The third-order valence-electron chi connectivity index (χ3n) is 5.05. The Morgan fingerprint density at radius 1 is 1.10 bits per heavy atom. The zero-order chi connectivity index (χ0) is 20.6. The zero-order valence-corrected chi connectivity index (χ0v) is 17.6. The largest absolute Gasteiger partial charge is 0.494 e. The van der Waals surface area contributed by atoms with Crippen LogP contribution in [-0.4, -0.2) is 28.6 Å². The van der Waals surface area contributed by atoms with Crippen LogP contribution in [0.15, 0.2) is 48.5 Å². The fourth-order valence-electron chi connectivity index (χ4n) is 3.43. The van der Waals surface area contributed by atoms with E-state index < -0.39 is 0 Å². The molecule has 0 fully saturated rings. The second-order valence-corrected chi connectivity index (χ2v) is 7.68. The molecule has 154 valence electrons. The number of aryl methyl sites for hydroxylation is 1. The monoisotopic (exact) mass is 393 g/mol. The third-order valence-corrected chi connectivity index (χ3v) is 5.05. The van der Waals surface area contributed by atoms with E-state index in [1.807, 2.05) is 18.2 Å². The fraction of sp³-hybridized carbons (Fsp3) is 0.417. The van der Waals surface area contributed by atoms with Crippen LogP contribution in [0.3, 0.4) is 0 Å². The lowest BCUT2D eigenvalue weighted by Crippen LogP contribution is -2.23. The van der Waals surface area contributed by atoms with Crippen LogP contribution in [0.4, 0.5) is 0 Å². The summed E-state index contributed by atoms with van der Waals surface area (Å²) >= 11 is 0. The lowest BCUT2D eigenvalue weighted by Gasteiger charge is -2.11. The zero-order valence-electron chi connectivity index (χ0n) is 17.6. The highest BCUT2D eigenvalue weighted by atomic mass is 16.5. The summed E-state index contributed by atoms with van der Waals surface area (Å²) in [4.78, 5) is 15.9. The lowest BCUT2D eigenvalue weighted by atomic mass is 10.0. The molecule has 0 saturated carbocycles. The molecule has 5 heteroatoms. The van der Waals surface area contributed by atoms with Gasteiger partial charge in [-0.2, -0.15) is 0 Å². The minimum absolute atomic E-state index is 0.00811. The molecule has 1 aromatic heterocycles. The molecule has 0 aliphatic carbocycles. The summed E-state index contributed by atoms with van der Waals surface area (Å²) in [7, 11) is 0. The van der Waals surface area contributed by atoms with Gasteiger partial charge in [0.25, 0.3) is 0 Å². The Labute approximate surface area is 173 Å². The number of nitrogens with one attached hydrogen (secondary N) is 1. The topological polar surface area (TPSA) is 56.2 Å². The number of imidazole rings is 1. The van der Waals surface area contributed by atoms with Crippen LogP contribution < -0.4 is 10.1 Å². The smallest absolute Gasteiger partial charge is 0.216 e. The number of amides is 1. The Kier molecular flexibility index (Phi) is 7.28. The highest BCUT2D eigenvalue weighted by Crippen LogP contribution is 2.20. The van der Waals surface area contributed by atoms with Gasteiger partial charge in [-0.3, -0.25) is 4.79 Å². The van der Waals surface area contributed by atoms with E-state index in [4.69, 9.17) is 9.72 Å². The van der Waals surface area contributed by atoms with E-state index >= 15 is 0 Å². The van der Waals surface area contributed by atoms with Crippen LogP contribution in [0.2, 0.25) is 0 Å². The number of carbonyl (C=O) groups is 1. The number of fused-ring (bicyclic) bond motifs is 1. The van der Waals surface area contributed by atoms with Crippen LogP contribution in [-0.2, 0) is 17.8 Å². The molecule has 1 heterocycles. The van der Waals surface area contributed by atoms with Gasteiger partial charge in [0.15, 0.2) is 0 Å². The summed E-state index contributed by atoms with van der Waals surface area (Å²) in [6.45, 7) is 8.13. The van der Waals surface area contributed by atoms with Gasteiger partial charge >= 0.3 is 0 Å². The van der Waals surface area contributed by atoms with Crippen LogP contribution in [0, 0.1) is 0 Å². The first-order chi connectivity index (χ1) is 14.0. The Hall–Kier alpha value is -2.82. The molecule has 0 saturated heterocycles. The van der Waals surface area contributed by atoms with Crippen molar-refractivity contribution >= 4 is 16.9 Å². The van der Waals surface area contributed by atoms with E-state index in [2.05, 4.69) is 54.1 Å². The molecule has 0 unspecified atom stereocenters. The summed E-state index contributed by atoms with van der Waals surface area (Å²) in [6, 6.07) is 16.6. The molecule has 0 aliphatic heterocycles. The van der Waals surface area contributed by atoms with Crippen molar-refractivity contribution in [1.29, 1.82) is 0 Å². The summed E-state index contributed by atoms with van der Waals surface area (Å²) < 4.78 is 8.17. The standard InChI is InChI=1S/C24H31N3O2/c1-18(2)20-10-12-21(13-11-20)29-17-7-6-16-27-23-9-5-4-8-22(23)26-24(27)14-15-25-19(3)28/h4-5,8-13,18H,6-7,14-17H2,1-3H3,(H,25,28). The Bertz CT molecular complexity index is 929. The molecule has 0 aliphatic rings. The van der Waals surface area contributed by atoms with Crippen molar-refractivity contribution in [3.63, 3.8) is 0 Å². The summed E-state index contributed by atoms with van der Waals surface area (Å²) in [5.74, 6) is 2.48. The van der Waals surface area contributed by atoms with Gasteiger partial charge in [-0.05, 0) is 48.6 Å². The SMILES string of the molecule is CC(=O)NCCc1nc2ccccc2n1CCCCOc1ccc(C(C)C)cc1. The van der Waals surface area contributed by atoms with E-state index in [1.54, 1.807) is 6.92 Å². The van der Waals surface area contributed by atoms with Gasteiger partial charge in [-0.15, -0.1) is 0 Å². The predicted octanol–water partition coefficient (Wildman–Crippen LogP) is 4.70. The maximum absolute atomic E-state index is 11.2. The number of unbranched alkanes of at least 4 members (excludes halogenated alkanes) is 1. The highest BCUT2D eigenvalue weighted by Gasteiger charge is 2.10. The van der Waals surface area contributed by atoms with Crippen LogP contribution in [0.25, 0.3) is 11.0 Å². The number of rotatable bonds is 10. The van der Waals surface area contributed by atoms with Crippen molar-refractivity contribution in [3.8, 4) is 5.75 Å². The molecule has 5 nitrogen and oxygen atoms in total. The maximum atomic E-state index is 11.2. The van der Waals surface area contributed by atoms with Crippen molar-refractivity contribution in [2.45, 2.75) is 52.5 Å². The second kappa shape index (κ2) is 10.1. The first-order valence-corrected chi connectivity index (χ1v) is 10.5. The van der Waals surface area contributed by atoms with E-state index in [9.17, 15) is 4.79 Å². The molecule has 0 spiro atoms. The molecule has 3 rings (SSSR count). The van der Waals surface area contributed by atoms with Crippen molar-refractivity contribution in [3.05, 3.63) is 59.9 Å². The average molecular weight is 394 g/mol. The molecular formula is C24H31N3O2. The molecule has 1 amide bonds. The van der Waals surface area contributed by atoms with Crippen LogP contribution in [0.5, 0.6) is 5.75 Å². The molecule has 0 atom stereocenters. The molecule has 0 bridgehead atoms. The van der Waals surface area contributed by atoms with Crippen molar-refractivity contribution < 1.29 is 9.53 Å². The van der Waals surface area contributed by atoms with Gasteiger partial charge in [0.1, 0.15) is 11.6 Å². The molecular weight excluding hydrogens is 362 g/mol. The highest BCUT2D eigenvalue weighted by molar-refractivity contribution is 5.76. The maximum Gasteiger partial charge on any atom is 0.216 e. The summed E-state index contributed by atoms with van der Waals surface area (Å²) in [5, 5.41) is 2.86. The number of carbonyl (C=O) groups excluding carboxylic acids is 1. The normalized spacial score (nSPS) is 11.2. The number of nitrogens with zero attached hydrogens (tertiary/aromatic N) is 2. The average Bonchev–Trinajstić information content (AvgIpc) is 3.05. The number of ether oxygens (including phenoxy) is 1. The van der Waals surface area contributed by atoms with Gasteiger partial charge < -0.3 is 14.6 Å². The Morgan fingerprint density at radius 3 is 2.59 bits per heavy atom. The summed E-state index contributed by atoms with van der Waals surface area (Å²) in [6.07, 6.45) is 2.72. The second-order valence-electron chi connectivity index (χ2n) is 7.68. The molecule has 2 aromatic carbocycles. The van der Waals surface area contributed by atoms with Gasteiger partial charge in [0.05, 0.1) is 17.6 Å². The predicted molar refractivity (Wildman–Crippen MR) is 117 cm³/mol. The van der Waals surface area contributed by atoms with E-state index in [0.717, 1.165) is 48.4 Å². The van der Waals surface area contributed by atoms with Gasteiger partial charge in [0, 0.05) is 26.4 Å². The van der Waals surface area contributed by atoms with Crippen molar-refractivity contribution in [1.82, 2.24) is 14.9 Å². The Balaban J connectivity index is 1.53. The third kappa shape index (κ3) is 5.83. The molecule has 1 N–H and O–H groups in total.